The minimum Gasteiger partial charge on any atom is -0.339 e. The molecule has 1 aliphatic rings. The number of amides is 2. The Morgan fingerprint density at radius 2 is 1.65 bits per heavy atom. The quantitative estimate of drug-likeness (QED) is 0.834. The molecule has 1 fully saturated rings. The number of hydrogen-bond donors (Lipinski definition) is 0. The van der Waals surface area contributed by atoms with Crippen molar-refractivity contribution in [3.05, 3.63) is 15.6 Å². The van der Waals surface area contributed by atoms with Crippen LogP contribution in [0.25, 0.3) is 0 Å². The third kappa shape index (κ3) is 3.00. The molecule has 20 heavy (non-hydrogen) atoms. The molecule has 2 heterocycles. The smallest absolute Gasteiger partial charge is 0.265 e. The van der Waals surface area contributed by atoms with Crippen molar-refractivity contribution in [1.82, 2.24) is 14.8 Å². The molecule has 0 aliphatic carbocycles. The SMILES string of the molecule is Cc1nc(C)c(C(=O)N2CCN(C(=O)C(C)C)CC2)s1. The molecular weight excluding hydrogens is 274 g/mol. The van der Waals surface area contributed by atoms with Gasteiger partial charge >= 0.3 is 0 Å². The van der Waals surface area contributed by atoms with E-state index in [0.717, 1.165) is 15.6 Å². The normalized spacial score (nSPS) is 15.8. The van der Waals surface area contributed by atoms with Gasteiger partial charge < -0.3 is 9.80 Å². The second-order valence-electron chi connectivity index (χ2n) is 5.42. The van der Waals surface area contributed by atoms with Gasteiger partial charge in [-0.3, -0.25) is 9.59 Å². The highest BCUT2D eigenvalue weighted by Gasteiger charge is 2.27. The predicted molar refractivity (Wildman–Crippen MR) is 78.9 cm³/mol. The molecule has 1 aromatic heterocycles. The zero-order chi connectivity index (χ0) is 14.9. The summed E-state index contributed by atoms with van der Waals surface area (Å²) in [5, 5.41) is 0.916. The van der Waals surface area contributed by atoms with Crippen molar-refractivity contribution in [2.45, 2.75) is 27.7 Å². The number of rotatable bonds is 2. The van der Waals surface area contributed by atoms with E-state index in [2.05, 4.69) is 4.98 Å². The zero-order valence-electron chi connectivity index (χ0n) is 12.5. The minimum atomic E-state index is 0.0173. The van der Waals surface area contributed by atoms with Gasteiger partial charge in [0.25, 0.3) is 5.91 Å². The van der Waals surface area contributed by atoms with Crippen LogP contribution in [0.4, 0.5) is 0 Å². The highest BCUT2D eigenvalue weighted by atomic mass is 32.1. The fourth-order valence-electron chi connectivity index (χ4n) is 2.37. The van der Waals surface area contributed by atoms with Gasteiger partial charge in [0.1, 0.15) is 4.88 Å². The average Bonchev–Trinajstić information content (AvgIpc) is 2.76. The van der Waals surface area contributed by atoms with Gasteiger partial charge in [-0.2, -0.15) is 0 Å². The summed E-state index contributed by atoms with van der Waals surface area (Å²) in [7, 11) is 0. The van der Waals surface area contributed by atoms with Crippen molar-refractivity contribution in [1.29, 1.82) is 0 Å². The molecule has 0 saturated carbocycles. The molecule has 0 N–H and O–H groups in total. The summed E-state index contributed by atoms with van der Waals surface area (Å²) in [5.41, 5.74) is 0.804. The highest BCUT2D eigenvalue weighted by Crippen LogP contribution is 2.20. The standard InChI is InChI=1S/C14H21N3O2S/c1-9(2)13(18)16-5-7-17(8-6-16)14(19)12-10(3)15-11(4)20-12/h9H,5-8H2,1-4H3. The van der Waals surface area contributed by atoms with Crippen LogP contribution in [0.2, 0.25) is 0 Å². The van der Waals surface area contributed by atoms with E-state index in [9.17, 15) is 9.59 Å². The van der Waals surface area contributed by atoms with E-state index in [1.54, 1.807) is 0 Å². The molecule has 0 bridgehead atoms. The Morgan fingerprint density at radius 3 is 2.10 bits per heavy atom. The molecule has 1 saturated heterocycles. The maximum absolute atomic E-state index is 12.4. The van der Waals surface area contributed by atoms with Gasteiger partial charge in [-0.05, 0) is 13.8 Å². The van der Waals surface area contributed by atoms with E-state index >= 15 is 0 Å². The maximum atomic E-state index is 12.4. The van der Waals surface area contributed by atoms with Crippen LogP contribution in [0.3, 0.4) is 0 Å². The van der Waals surface area contributed by atoms with Crippen LogP contribution in [-0.4, -0.2) is 52.8 Å². The van der Waals surface area contributed by atoms with Crippen molar-refractivity contribution >= 4 is 23.2 Å². The number of aromatic nitrogens is 1. The Morgan fingerprint density at radius 1 is 1.10 bits per heavy atom. The first kappa shape index (κ1) is 15.0. The van der Waals surface area contributed by atoms with Crippen molar-refractivity contribution in [2.75, 3.05) is 26.2 Å². The van der Waals surface area contributed by atoms with Gasteiger partial charge in [0, 0.05) is 32.1 Å². The number of piperazine rings is 1. The van der Waals surface area contributed by atoms with Crippen LogP contribution < -0.4 is 0 Å². The van der Waals surface area contributed by atoms with E-state index in [0.29, 0.717) is 26.2 Å². The number of hydrogen-bond acceptors (Lipinski definition) is 4. The first-order valence-corrected chi connectivity index (χ1v) is 7.74. The first-order chi connectivity index (χ1) is 9.40. The van der Waals surface area contributed by atoms with Gasteiger partial charge in [0.15, 0.2) is 0 Å². The highest BCUT2D eigenvalue weighted by molar-refractivity contribution is 7.13. The molecule has 0 spiro atoms. The van der Waals surface area contributed by atoms with E-state index in [1.165, 1.54) is 11.3 Å². The summed E-state index contributed by atoms with van der Waals surface area (Å²) in [6, 6.07) is 0. The molecule has 2 amide bonds. The first-order valence-electron chi connectivity index (χ1n) is 6.92. The van der Waals surface area contributed by atoms with Crippen LogP contribution in [0, 0.1) is 19.8 Å². The van der Waals surface area contributed by atoms with E-state index in [1.807, 2.05) is 37.5 Å². The minimum absolute atomic E-state index is 0.0173. The molecule has 0 atom stereocenters. The Balaban J connectivity index is 1.99. The van der Waals surface area contributed by atoms with Crippen molar-refractivity contribution < 1.29 is 9.59 Å². The summed E-state index contributed by atoms with van der Waals surface area (Å²) in [6.45, 7) is 10.1. The molecule has 2 rings (SSSR count). The number of carbonyl (C=O) groups is 2. The third-order valence-corrected chi connectivity index (χ3v) is 4.53. The lowest BCUT2D eigenvalue weighted by molar-refractivity contribution is -0.135. The summed E-state index contributed by atoms with van der Waals surface area (Å²) in [5.74, 6) is 0.232. The number of nitrogens with zero attached hydrogens (tertiary/aromatic N) is 3. The molecular formula is C14H21N3O2S. The second kappa shape index (κ2) is 5.91. The van der Waals surface area contributed by atoms with Crippen LogP contribution in [0.1, 0.15) is 34.2 Å². The Kier molecular flexibility index (Phi) is 4.42. The Hall–Kier alpha value is -1.43. The molecule has 6 heteroatoms. The van der Waals surface area contributed by atoms with Crippen molar-refractivity contribution in [3.8, 4) is 0 Å². The molecule has 5 nitrogen and oxygen atoms in total. The Bertz CT molecular complexity index is 516. The van der Waals surface area contributed by atoms with Gasteiger partial charge in [0.2, 0.25) is 5.91 Å². The molecule has 1 aromatic rings. The lowest BCUT2D eigenvalue weighted by Crippen LogP contribution is -2.51. The zero-order valence-corrected chi connectivity index (χ0v) is 13.3. The second-order valence-corrected chi connectivity index (χ2v) is 6.62. The van der Waals surface area contributed by atoms with Crippen molar-refractivity contribution in [2.24, 2.45) is 5.92 Å². The lowest BCUT2D eigenvalue weighted by atomic mass is 10.1. The van der Waals surface area contributed by atoms with Crippen LogP contribution in [0.15, 0.2) is 0 Å². The predicted octanol–water partition coefficient (Wildman–Crippen LogP) is 1.70. The number of aryl methyl sites for hydroxylation is 2. The molecule has 1 aliphatic heterocycles. The molecule has 110 valence electrons. The van der Waals surface area contributed by atoms with E-state index < -0.39 is 0 Å². The fourth-order valence-corrected chi connectivity index (χ4v) is 3.26. The van der Waals surface area contributed by atoms with Crippen LogP contribution >= 0.6 is 11.3 Å². The fraction of sp³-hybridized carbons (Fsp3) is 0.643. The summed E-state index contributed by atoms with van der Waals surface area (Å²) < 4.78 is 0. The van der Waals surface area contributed by atoms with Gasteiger partial charge in [0.05, 0.1) is 10.7 Å². The average molecular weight is 295 g/mol. The van der Waals surface area contributed by atoms with Gasteiger partial charge in [-0.15, -0.1) is 11.3 Å². The Labute approximate surface area is 123 Å². The maximum Gasteiger partial charge on any atom is 0.265 e. The van der Waals surface area contributed by atoms with Gasteiger partial charge in [-0.1, -0.05) is 13.8 Å². The summed E-state index contributed by atoms with van der Waals surface area (Å²) in [4.78, 5) is 33.1. The van der Waals surface area contributed by atoms with Gasteiger partial charge in [-0.25, -0.2) is 4.98 Å². The van der Waals surface area contributed by atoms with Crippen molar-refractivity contribution in [3.63, 3.8) is 0 Å². The van der Waals surface area contributed by atoms with Crippen LogP contribution in [0.5, 0.6) is 0 Å². The van der Waals surface area contributed by atoms with E-state index in [4.69, 9.17) is 0 Å². The van der Waals surface area contributed by atoms with E-state index in [-0.39, 0.29) is 17.7 Å². The monoisotopic (exact) mass is 295 g/mol. The lowest BCUT2D eigenvalue weighted by Gasteiger charge is -2.35. The molecule has 0 radical (unpaired) electrons. The summed E-state index contributed by atoms with van der Waals surface area (Å²) >= 11 is 1.45. The number of thiazole rings is 1. The number of carbonyl (C=O) groups excluding carboxylic acids is 2. The molecule has 0 unspecified atom stereocenters. The molecule has 0 aromatic carbocycles. The summed E-state index contributed by atoms with van der Waals surface area (Å²) in [6.07, 6.45) is 0. The topological polar surface area (TPSA) is 53.5 Å². The third-order valence-electron chi connectivity index (χ3n) is 3.47. The van der Waals surface area contributed by atoms with Crippen LogP contribution in [-0.2, 0) is 4.79 Å². The largest absolute Gasteiger partial charge is 0.339 e.